The number of hydrogen-bond donors (Lipinski definition) is 0. The van der Waals surface area contributed by atoms with Crippen LogP contribution >= 0.6 is 7.92 Å². The molecule has 3 aromatic carbocycles. The molecule has 5 heteroatoms. The average Bonchev–Trinajstić information content (AvgIpc) is 3.25. The van der Waals surface area contributed by atoms with Crippen LogP contribution in [0.15, 0.2) is 89.9 Å². The maximum atomic E-state index is 6.30. The van der Waals surface area contributed by atoms with Crippen LogP contribution in [0.5, 0.6) is 0 Å². The highest BCUT2D eigenvalue weighted by atomic mass is 31.1. The molecule has 1 fully saturated rings. The first kappa shape index (κ1) is 22.3. The normalized spacial score (nSPS) is 22.7. The maximum absolute atomic E-state index is 6.30. The highest BCUT2D eigenvalue weighted by Gasteiger charge is 2.32. The lowest BCUT2D eigenvalue weighted by Gasteiger charge is -2.24. The van der Waals surface area contributed by atoms with Crippen molar-refractivity contribution in [3.05, 3.63) is 90.5 Å². The summed E-state index contributed by atoms with van der Waals surface area (Å²) in [5.41, 5.74) is 1.07. The third-order valence-corrected chi connectivity index (χ3v) is 8.62. The Morgan fingerprint density at radius 1 is 0.879 bits per heavy atom. The molecule has 3 aromatic rings. The molecule has 2 aliphatic heterocycles. The van der Waals surface area contributed by atoms with Crippen LogP contribution < -0.4 is 15.9 Å². The van der Waals surface area contributed by atoms with Gasteiger partial charge in [0.25, 0.3) is 0 Å². The second-order valence-corrected chi connectivity index (χ2v) is 10.7. The molecule has 3 atom stereocenters. The maximum Gasteiger partial charge on any atom is 0.217 e. The van der Waals surface area contributed by atoms with Gasteiger partial charge >= 0.3 is 0 Å². The summed E-state index contributed by atoms with van der Waals surface area (Å²) in [6.07, 6.45) is 3.09. The Bertz CT molecular complexity index is 1030. The van der Waals surface area contributed by atoms with Gasteiger partial charge in [0.15, 0.2) is 6.29 Å². The molecule has 4 nitrogen and oxygen atoms in total. The zero-order valence-corrected chi connectivity index (χ0v) is 19.9. The van der Waals surface area contributed by atoms with E-state index in [2.05, 4.69) is 91.9 Å². The summed E-state index contributed by atoms with van der Waals surface area (Å²) in [7, 11) is -0.742. The summed E-state index contributed by atoms with van der Waals surface area (Å²) in [5, 5.41) is 3.88. The summed E-state index contributed by atoms with van der Waals surface area (Å²) in [6, 6.07) is 30.0. The molecule has 2 aliphatic rings. The van der Waals surface area contributed by atoms with Gasteiger partial charge < -0.3 is 14.2 Å². The Morgan fingerprint density at radius 3 is 2.21 bits per heavy atom. The fourth-order valence-corrected chi connectivity index (χ4v) is 6.77. The van der Waals surface area contributed by atoms with E-state index >= 15 is 0 Å². The molecular weight excluding hydrogens is 429 g/mol. The van der Waals surface area contributed by atoms with E-state index in [0.29, 0.717) is 6.61 Å². The second kappa shape index (κ2) is 10.6. The zero-order valence-electron chi connectivity index (χ0n) is 19.0. The van der Waals surface area contributed by atoms with Crippen LogP contribution in [0.1, 0.15) is 31.7 Å². The minimum Gasteiger partial charge on any atom is -0.472 e. The van der Waals surface area contributed by atoms with Crippen molar-refractivity contribution in [1.82, 2.24) is 0 Å². The lowest BCUT2D eigenvalue weighted by atomic mass is 10.2. The number of ether oxygens (including phenoxy) is 3. The topological polar surface area (TPSA) is 40.0 Å². The molecule has 0 amide bonds. The smallest absolute Gasteiger partial charge is 0.217 e. The second-order valence-electron chi connectivity index (χ2n) is 8.48. The Kier molecular flexibility index (Phi) is 7.16. The standard InChI is InChI=1S/C28H30NO3P/c1-21-25(20-31-27-18-10-11-19-30-27)29-28(32-21)24-16-8-9-17-26(24)33(22-12-4-2-5-13-22)23-14-6-3-7-15-23/h2-9,12-17,21,25,27H,10-11,18-20H2,1H3/t21-,25-,27?/m1/s1. The van der Waals surface area contributed by atoms with Gasteiger partial charge in [-0.2, -0.15) is 0 Å². The quantitative estimate of drug-likeness (QED) is 0.488. The van der Waals surface area contributed by atoms with Crippen molar-refractivity contribution in [2.45, 2.75) is 44.6 Å². The first-order chi connectivity index (χ1) is 16.3. The van der Waals surface area contributed by atoms with Crippen LogP contribution in [0, 0.1) is 0 Å². The number of rotatable bonds is 7. The van der Waals surface area contributed by atoms with Crippen LogP contribution in [-0.4, -0.2) is 37.5 Å². The fraction of sp³-hybridized carbons (Fsp3) is 0.321. The molecule has 170 valence electrons. The van der Waals surface area contributed by atoms with Crippen molar-refractivity contribution >= 4 is 29.7 Å². The predicted molar refractivity (Wildman–Crippen MR) is 136 cm³/mol. The minimum absolute atomic E-state index is 0.0294. The molecule has 0 spiro atoms. The zero-order chi connectivity index (χ0) is 22.5. The van der Waals surface area contributed by atoms with Crippen molar-refractivity contribution in [1.29, 1.82) is 0 Å². The molecular formula is C28H30NO3P. The lowest BCUT2D eigenvalue weighted by Crippen LogP contribution is -2.30. The third-order valence-electron chi connectivity index (χ3n) is 6.12. The summed E-state index contributed by atoms with van der Waals surface area (Å²) < 4.78 is 18.1. The van der Waals surface area contributed by atoms with Crippen molar-refractivity contribution in [3.63, 3.8) is 0 Å². The molecule has 0 bridgehead atoms. The van der Waals surface area contributed by atoms with E-state index in [1.165, 1.54) is 15.9 Å². The Hall–Kier alpha value is -2.52. The lowest BCUT2D eigenvalue weighted by molar-refractivity contribution is -0.166. The third kappa shape index (κ3) is 5.19. The highest BCUT2D eigenvalue weighted by molar-refractivity contribution is 7.80. The fourth-order valence-electron chi connectivity index (χ4n) is 4.33. The van der Waals surface area contributed by atoms with E-state index < -0.39 is 7.92 Å². The molecule has 0 aliphatic carbocycles. The van der Waals surface area contributed by atoms with Gasteiger partial charge in [-0.1, -0.05) is 78.9 Å². The molecule has 0 radical (unpaired) electrons. The van der Waals surface area contributed by atoms with Crippen LogP contribution in [0.25, 0.3) is 0 Å². The Balaban J connectivity index is 1.45. The average molecular weight is 460 g/mol. The predicted octanol–water partition coefficient (Wildman–Crippen LogP) is 4.52. The van der Waals surface area contributed by atoms with Gasteiger partial charge in [0, 0.05) is 12.2 Å². The highest BCUT2D eigenvalue weighted by Crippen LogP contribution is 2.35. The van der Waals surface area contributed by atoms with E-state index in [-0.39, 0.29) is 18.4 Å². The summed E-state index contributed by atoms with van der Waals surface area (Å²) in [6.45, 7) is 3.38. The minimum atomic E-state index is -0.742. The van der Waals surface area contributed by atoms with Crippen LogP contribution in [0.2, 0.25) is 0 Å². The van der Waals surface area contributed by atoms with Gasteiger partial charge in [0.05, 0.1) is 6.61 Å². The molecule has 0 saturated carbocycles. The van der Waals surface area contributed by atoms with Gasteiger partial charge in [0.1, 0.15) is 12.1 Å². The van der Waals surface area contributed by atoms with E-state index in [1.807, 2.05) is 0 Å². The van der Waals surface area contributed by atoms with Gasteiger partial charge in [-0.15, -0.1) is 0 Å². The molecule has 2 heterocycles. The van der Waals surface area contributed by atoms with E-state index in [4.69, 9.17) is 19.2 Å². The monoisotopic (exact) mass is 459 g/mol. The largest absolute Gasteiger partial charge is 0.472 e. The molecule has 0 aromatic heterocycles. The van der Waals surface area contributed by atoms with Crippen molar-refractivity contribution in [2.75, 3.05) is 13.2 Å². The van der Waals surface area contributed by atoms with Crippen molar-refractivity contribution < 1.29 is 14.2 Å². The summed E-state index contributed by atoms with van der Waals surface area (Å²) >= 11 is 0. The molecule has 33 heavy (non-hydrogen) atoms. The SMILES string of the molecule is C[C@H]1OC(c2ccccc2P(c2ccccc2)c2ccccc2)=N[C@@H]1COC1CCCCO1. The molecule has 1 unspecified atom stereocenters. The van der Waals surface area contributed by atoms with Crippen LogP contribution in [-0.2, 0) is 14.2 Å². The van der Waals surface area contributed by atoms with Crippen LogP contribution in [0.3, 0.4) is 0 Å². The molecule has 0 N–H and O–H groups in total. The van der Waals surface area contributed by atoms with E-state index in [9.17, 15) is 0 Å². The van der Waals surface area contributed by atoms with E-state index in [1.54, 1.807) is 0 Å². The molecule has 1 saturated heterocycles. The van der Waals surface area contributed by atoms with Gasteiger partial charge in [-0.3, -0.25) is 0 Å². The van der Waals surface area contributed by atoms with E-state index in [0.717, 1.165) is 37.3 Å². The van der Waals surface area contributed by atoms with Crippen LogP contribution in [0.4, 0.5) is 0 Å². The van der Waals surface area contributed by atoms with Crippen molar-refractivity contribution in [3.8, 4) is 0 Å². The number of nitrogens with zero attached hydrogens (tertiary/aromatic N) is 1. The Morgan fingerprint density at radius 2 is 1.55 bits per heavy atom. The van der Waals surface area contributed by atoms with Crippen molar-refractivity contribution in [2.24, 2.45) is 4.99 Å². The number of hydrogen-bond acceptors (Lipinski definition) is 4. The van der Waals surface area contributed by atoms with Gasteiger partial charge in [0.2, 0.25) is 5.90 Å². The summed E-state index contributed by atoms with van der Waals surface area (Å²) in [5.74, 6) is 0.718. The first-order valence-corrected chi connectivity index (χ1v) is 13.1. The summed E-state index contributed by atoms with van der Waals surface area (Å²) in [4.78, 5) is 4.98. The van der Waals surface area contributed by atoms with Gasteiger partial charge in [-0.05, 0) is 56.1 Å². The first-order valence-electron chi connectivity index (χ1n) is 11.8. The molecule has 5 rings (SSSR count). The number of benzene rings is 3. The Labute approximate surface area is 197 Å². The number of aliphatic imine (C=N–C) groups is 1. The van der Waals surface area contributed by atoms with Gasteiger partial charge in [-0.25, -0.2) is 4.99 Å².